The van der Waals surface area contributed by atoms with Crippen molar-refractivity contribution in [3.63, 3.8) is 0 Å². The number of carbonyl (C=O) groups excluding carboxylic acids is 2. The smallest absolute Gasteiger partial charge is 0.323 e. The van der Waals surface area contributed by atoms with E-state index >= 15 is 0 Å². The van der Waals surface area contributed by atoms with Gasteiger partial charge in [-0.1, -0.05) is 0 Å². The zero-order valence-electron chi connectivity index (χ0n) is 10.4. The lowest BCUT2D eigenvalue weighted by Crippen LogP contribution is -2.25. The highest BCUT2D eigenvalue weighted by molar-refractivity contribution is 5.93. The minimum atomic E-state index is -0.288. The number of rotatable bonds is 4. The van der Waals surface area contributed by atoms with E-state index in [2.05, 4.69) is 20.6 Å². The van der Waals surface area contributed by atoms with Crippen molar-refractivity contribution >= 4 is 28.5 Å². The van der Waals surface area contributed by atoms with Gasteiger partial charge in [0.1, 0.15) is 0 Å². The van der Waals surface area contributed by atoms with Crippen molar-refractivity contribution in [2.45, 2.75) is 13.3 Å². The van der Waals surface area contributed by atoms with Gasteiger partial charge < -0.3 is 20.6 Å². The van der Waals surface area contributed by atoms with Gasteiger partial charge in [0.15, 0.2) is 0 Å². The topological polar surface area (TPSA) is 107 Å². The summed E-state index contributed by atoms with van der Waals surface area (Å²) >= 11 is 0. The Morgan fingerprint density at radius 1 is 1.21 bits per heavy atom. The number of anilines is 1. The predicted octanol–water partition coefficient (Wildman–Crippen LogP) is 0.321. The van der Waals surface area contributed by atoms with Crippen molar-refractivity contribution in [1.82, 2.24) is 15.3 Å². The molecule has 0 unspecified atom stereocenters. The molecule has 100 valence electrons. The molecular formula is C12H14N4O3. The number of nitrogens with one attached hydrogen (secondary N) is 4. The fraction of sp³-hybridized carbons (Fsp3) is 0.250. The van der Waals surface area contributed by atoms with Gasteiger partial charge in [0, 0.05) is 25.6 Å². The van der Waals surface area contributed by atoms with Gasteiger partial charge in [0.25, 0.3) is 0 Å². The van der Waals surface area contributed by atoms with Crippen molar-refractivity contribution in [3.8, 4) is 0 Å². The Bertz CT molecular complexity index is 671. The van der Waals surface area contributed by atoms with E-state index in [1.807, 2.05) is 0 Å². The van der Waals surface area contributed by atoms with Crippen LogP contribution in [-0.2, 0) is 9.59 Å². The molecule has 0 saturated heterocycles. The van der Waals surface area contributed by atoms with Crippen molar-refractivity contribution in [2.75, 3.05) is 11.9 Å². The molecule has 7 heteroatoms. The van der Waals surface area contributed by atoms with Crippen molar-refractivity contribution < 1.29 is 9.59 Å². The highest BCUT2D eigenvalue weighted by Crippen LogP contribution is 2.14. The van der Waals surface area contributed by atoms with E-state index in [4.69, 9.17) is 0 Å². The van der Waals surface area contributed by atoms with Crippen LogP contribution in [0.2, 0.25) is 0 Å². The summed E-state index contributed by atoms with van der Waals surface area (Å²) in [7, 11) is 0. The molecule has 2 amide bonds. The lowest BCUT2D eigenvalue weighted by molar-refractivity contribution is -0.119. The number of amides is 2. The Hall–Kier alpha value is -2.57. The lowest BCUT2D eigenvalue weighted by Gasteiger charge is -2.05. The van der Waals surface area contributed by atoms with E-state index in [1.165, 1.54) is 6.92 Å². The molecule has 0 aliphatic heterocycles. The molecule has 0 radical (unpaired) electrons. The average molecular weight is 262 g/mol. The zero-order chi connectivity index (χ0) is 13.8. The Morgan fingerprint density at radius 3 is 2.68 bits per heavy atom. The van der Waals surface area contributed by atoms with Crippen LogP contribution in [-0.4, -0.2) is 28.3 Å². The molecular weight excluding hydrogens is 248 g/mol. The highest BCUT2D eigenvalue weighted by Gasteiger charge is 2.04. The van der Waals surface area contributed by atoms with Crippen molar-refractivity contribution in [3.05, 3.63) is 28.7 Å². The summed E-state index contributed by atoms with van der Waals surface area (Å²) in [4.78, 5) is 38.6. The summed E-state index contributed by atoms with van der Waals surface area (Å²) in [5.41, 5.74) is 1.62. The Kier molecular flexibility index (Phi) is 3.65. The molecule has 7 nitrogen and oxygen atoms in total. The molecule has 0 bridgehead atoms. The summed E-state index contributed by atoms with van der Waals surface area (Å²) in [5.74, 6) is -0.370. The van der Waals surface area contributed by atoms with E-state index in [-0.39, 0.29) is 23.9 Å². The summed E-state index contributed by atoms with van der Waals surface area (Å²) in [6.45, 7) is 1.69. The first-order valence-corrected chi connectivity index (χ1v) is 5.81. The van der Waals surface area contributed by atoms with Gasteiger partial charge in [-0.2, -0.15) is 0 Å². The van der Waals surface area contributed by atoms with Gasteiger partial charge in [-0.3, -0.25) is 9.59 Å². The van der Waals surface area contributed by atoms with Crippen LogP contribution in [0.4, 0.5) is 5.69 Å². The van der Waals surface area contributed by atoms with Crippen LogP contribution in [0, 0.1) is 0 Å². The second-order valence-electron chi connectivity index (χ2n) is 4.12. The Balaban J connectivity index is 1.98. The first kappa shape index (κ1) is 12.9. The molecule has 0 atom stereocenters. The molecule has 0 aliphatic rings. The molecule has 1 aromatic carbocycles. The van der Waals surface area contributed by atoms with E-state index in [0.29, 0.717) is 23.3 Å². The second kappa shape index (κ2) is 5.38. The molecule has 2 rings (SSSR count). The number of hydrogen-bond donors (Lipinski definition) is 4. The third-order valence-electron chi connectivity index (χ3n) is 2.53. The maximum Gasteiger partial charge on any atom is 0.323 e. The summed E-state index contributed by atoms with van der Waals surface area (Å²) in [6, 6.07) is 5.07. The lowest BCUT2D eigenvalue weighted by atomic mass is 10.2. The highest BCUT2D eigenvalue weighted by atomic mass is 16.2. The number of fused-ring (bicyclic) bond motifs is 1. The maximum absolute atomic E-state index is 11.6. The molecule has 19 heavy (non-hydrogen) atoms. The maximum atomic E-state index is 11.6. The zero-order valence-corrected chi connectivity index (χ0v) is 10.4. The summed E-state index contributed by atoms with van der Waals surface area (Å²) in [5, 5.41) is 5.23. The minimum Gasteiger partial charge on any atom is -0.356 e. The monoisotopic (exact) mass is 262 g/mol. The number of imidazole rings is 1. The molecule has 0 saturated carbocycles. The van der Waals surface area contributed by atoms with E-state index in [9.17, 15) is 14.4 Å². The van der Waals surface area contributed by atoms with Crippen LogP contribution in [0.5, 0.6) is 0 Å². The number of H-pyrrole nitrogens is 2. The molecule has 0 aliphatic carbocycles. The molecule has 4 N–H and O–H groups in total. The molecule has 2 aromatic rings. The second-order valence-corrected chi connectivity index (χ2v) is 4.12. The number of hydrogen-bond acceptors (Lipinski definition) is 3. The fourth-order valence-electron chi connectivity index (χ4n) is 1.69. The summed E-state index contributed by atoms with van der Waals surface area (Å²) < 4.78 is 0. The van der Waals surface area contributed by atoms with Gasteiger partial charge in [-0.05, 0) is 18.2 Å². The number of aromatic nitrogens is 2. The first-order valence-electron chi connectivity index (χ1n) is 5.81. The molecule has 0 fully saturated rings. The number of aromatic amines is 2. The van der Waals surface area contributed by atoms with E-state index < -0.39 is 0 Å². The normalized spacial score (nSPS) is 10.4. The number of carbonyl (C=O) groups is 2. The largest absolute Gasteiger partial charge is 0.356 e. The summed E-state index contributed by atoms with van der Waals surface area (Å²) in [6.07, 6.45) is 0.196. The fourth-order valence-corrected chi connectivity index (χ4v) is 1.69. The van der Waals surface area contributed by atoms with E-state index in [0.717, 1.165) is 0 Å². The third kappa shape index (κ3) is 3.44. The van der Waals surface area contributed by atoms with Gasteiger partial charge in [-0.25, -0.2) is 4.79 Å². The Labute approximate surface area is 108 Å². The van der Waals surface area contributed by atoms with Crippen molar-refractivity contribution in [2.24, 2.45) is 0 Å². The molecule has 0 spiro atoms. The van der Waals surface area contributed by atoms with Crippen LogP contribution >= 0.6 is 0 Å². The average Bonchev–Trinajstić information content (AvgIpc) is 2.67. The molecule has 1 aromatic heterocycles. The third-order valence-corrected chi connectivity index (χ3v) is 2.53. The van der Waals surface area contributed by atoms with Gasteiger partial charge >= 0.3 is 5.69 Å². The number of benzene rings is 1. The quantitative estimate of drug-likeness (QED) is 0.637. The predicted molar refractivity (Wildman–Crippen MR) is 70.8 cm³/mol. The SMILES string of the molecule is CC(=O)NCCC(=O)Nc1ccc2[nH]c(=O)[nH]c2c1. The Morgan fingerprint density at radius 2 is 1.95 bits per heavy atom. The van der Waals surface area contributed by atoms with Crippen LogP contribution in [0.3, 0.4) is 0 Å². The minimum absolute atomic E-state index is 0.167. The van der Waals surface area contributed by atoms with Gasteiger partial charge in [-0.15, -0.1) is 0 Å². The van der Waals surface area contributed by atoms with Crippen LogP contribution < -0.4 is 16.3 Å². The molecule has 1 heterocycles. The van der Waals surface area contributed by atoms with Gasteiger partial charge in [0.05, 0.1) is 11.0 Å². The van der Waals surface area contributed by atoms with E-state index in [1.54, 1.807) is 18.2 Å². The van der Waals surface area contributed by atoms with Crippen LogP contribution in [0.25, 0.3) is 11.0 Å². The first-order chi connectivity index (χ1) is 9.04. The van der Waals surface area contributed by atoms with Crippen LogP contribution in [0.1, 0.15) is 13.3 Å². The van der Waals surface area contributed by atoms with Crippen molar-refractivity contribution in [1.29, 1.82) is 0 Å². The standard InChI is InChI=1S/C12H14N4O3/c1-7(17)13-5-4-11(18)14-8-2-3-9-10(6-8)16-12(19)15-9/h2-3,6H,4-5H2,1H3,(H,13,17)(H,14,18)(H2,15,16,19). The van der Waals surface area contributed by atoms with Crippen LogP contribution in [0.15, 0.2) is 23.0 Å². The van der Waals surface area contributed by atoms with Gasteiger partial charge in [0.2, 0.25) is 11.8 Å².